The predicted octanol–water partition coefficient (Wildman–Crippen LogP) is 5.66. The lowest BCUT2D eigenvalue weighted by molar-refractivity contribution is -0.0792. The maximum absolute atomic E-state index is 10.8. The van der Waals surface area contributed by atoms with Crippen molar-refractivity contribution in [1.29, 1.82) is 0 Å². The second kappa shape index (κ2) is 8.09. The van der Waals surface area contributed by atoms with Crippen LogP contribution in [0, 0.1) is 45.8 Å². The van der Waals surface area contributed by atoms with E-state index < -0.39 is 0 Å². The van der Waals surface area contributed by atoms with Gasteiger partial charge in [-0.05, 0) is 98.2 Å². The summed E-state index contributed by atoms with van der Waals surface area (Å²) in [7, 11) is 0. The van der Waals surface area contributed by atoms with Gasteiger partial charge in [0.2, 0.25) is 0 Å². The number of aliphatic hydroxyl groups is 2. The second-order valence-corrected chi connectivity index (χ2v) is 13.7. The summed E-state index contributed by atoms with van der Waals surface area (Å²) in [6, 6.07) is 0. The van der Waals surface area contributed by atoms with Crippen molar-refractivity contribution in [2.75, 3.05) is 19.6 Å². The van der Waals surface area contributed by atoms with E-state index in [1.807, 2.05) is 0 Å². The average molecular weight is 444 g/mol. The maximum Gasteiger partial charge on any atom is 0.0628 e. The van der Waals surface area contributed by atoms with Crippen LogP contribution in [-0.4, -0.2) is 47.0 Å². The highest BCUT2D eigenvalue weighted by Gasteiger charge is 2.61. The largest absolute Gasteiger partial charge is 0.393 e. The van der Waals surface area contributed by atoms with Gasteiger partial charge in [0.05, 0.1) is 12.2 Å². The SMILES string of the molecule is C[C@H](CN1CCC(O)CC1)[C@H]1CC[C@H]2[C@@H]3CC=C4C(C)(C)[C@@H](O)CC[C@]4(C)[C@H]3CC[C@]12C. The zero-order chi connectivity index (χ0) is 22.9. The fourth-order valence-electron chi connectivity index (χ4n) is 10.0. The normalized spacial score (nSPS) is 47.8. The third kappa shape index (κ3) is 3.47. The Morgan fingerprint density at radius 3 is 2.38 bits per heavy atom. The van der Waals surface area contributed by atoms with E-state index in [1.54, 1.807) is 5.57 Å². The zero-order valence-corrected chi connectivity index (χ0v) is 21.4. The Morgan fingerprint density at radius 1 is 0.938 bits per heavy atom. The minimum Gasteiger partial charge on any atom is -0.393 e. The van der Waals surface area contributed by atoms with Crippen LogP contribution in [0.1, 0.15) is 92.4 Å². The van der Waals surface area contributed by atoms with Crippen molar-refractivity contribution in [3.63, 3.8) is 0 Å². The summed E-state index contributed by atoms with van der Waals surface area (Å²) in [4.78, 5) is 2.63. The van der Waals surface area contributed by atoms with Crippen molar-refractivity contribution < 1.29 is 10.2 Å². The molecular weight excluding hydrogens is 394 g/mol. The molecular formula is C29H49NO2. The fraction of sp³-hybridized carbons (Fsp3) is 0.931. The monoisotopic (exact) mass is 443 g/mol. The number of rotatable bonds is 3. The minimum atomic E-state index is -0.181. The molecule has 182 valence electrons. The molecule has 1 heterocycles. The number of allylic oxidation sites excluding steroid dienone is 1. The van der Waals surface area contributed by atoms with Crippen molar-refractivity contribution in [2.45, 2.75) is 105 Å². The number of nitrogens with zero attached hydrogens (tertiary/aromatic N) is 1. The summed E-state index contributed by atoms with van der Waals surface area (Å²) < 4.78 is 0. The molecule has 32 heavy (non-hydrogen) atoms. The molecule has 3 saturated carbocycles. The third-order valence-electron chi connectivity index (χ3n) is 11.8. The molecule has 1 aliphatic heterocycles. The maximum atomic E-state index is 10.8. The van der Waals surface area contributed by atoms with E-state index in [4.69, 9.17) is 0 Å². The number of piperidine rings is 1. The van der Waals surface area contributed by atoms with Gasteiger partial charge in [0.15, 0.2) is 0 Å². The predicted molar refractivity (Wildman–Crippen MR) is 131 cm³/mol. The van der Waals surface area contributed by atoms with Gasteiger partial charge in [-0.3, -0.25) is 0 Å². The van der Waals surface area contributed by atoms with E-state index >= 15 is 0 Å². The quantitative estimate of drug-likeness (QED) is 0.554. The Balaban J connectivity index is 1.34. The number of aliphatic hydroxyl groups excluding tert-OH is 2. The molecule has 0 radical (unpaired) electrons. The Morgan fingerprint density at radius 2 is 1.66 bits per heavy atom. The highest BCUT2D eigenvalue weighted by molar-refractivity contribution is 5.31. The van der Waals surface area contributed by atoms with E-state index in [9.17, 15) is 10.2 Å². The number of likely N-dealkylation sites (tertiary alicyclic amines) is 1. The van der Waals surface area contributed by atoms with Gasteiger partial charge in [-0.1, -0.05) is 46.3 Å². The standard InChI is InChI=1S/C29H49NO2/c1-19(18-30-16-12-20(31)13-17-30)22-7-8-23-21-6-9-25-27(2,3)26(32)11-15-29(25,5)24(21)10-14-28(22,23)4/h9,19-24,26,31-32H,6-8,10-18H2,1-5H3/t19-,21+,22-,23+,24+,26+,28-,29-/m1/s1. The summed E-state index contributed by atoms with van der Waals surface area (Å²) in [5.41, 5.74) is 2.32. The Hall–Kier alpha value is -0.380. The summed E-state index contributed by atoms with van der Waals surface area (Å²) in [6.07, 6.45) is 13.3. The van der Waals surface area contributed by atoms with Crippen molar-refractivity contribution in [1.82, 2.24) is 4.90 Å². The molecule has 8 atom stereocenters. The van der Waals surface area contributed by atoms with Crippen LogP contribution < -0.4 is 0 Å². The first kappa shape index (κ1) is 23.4. The molecule has 4 fully saturated rings. The number of fused-ring (bicyclic) bond motifs is 5. The molecule has 1 saturated heterocycles. The van der Waals surface area contributed by atoms with Crippen molar-refractivity contribution in [3.05, 3.63) is 11.6 Å². The molecule has 5 rings (SSSR count). The smallest absolute Gasteiger partial charge is 0.0628 e. The van der Waals surface area contributed by atoms with Crippen LogP contribution in [0.5, 0.6) is 0 Å². The van der Waals surface area contributed by atoms with E-state index in [-0.39, 0.29) is 17.6 Å². The Bertz CT molecular complexity index is 737. The van der Waals surface area contributed by atoms with Gasteiger partial charge in [0, 0.05) is 25.0 Å². The first-order valence-corrected chi connectivity index (χ1v) is 13.9. The minimum absolute atomic E-state index is 0.0620. The van der Waals surface area contributed by atoms with Gasteiger partial charge in [-0.2, -0.15) is 0 Å². The van der Waals surface area contributed by atoms with Crippen LogP contribution in [0.25, 0.3) is 0 Å². The molecule has 0 bridgehead atoms. The van der Waals surface area contributed by atoms with E-state index in [0.717, 1.165) is 61.9 Å². The van der Waals surface area contributed by atoms with Crippen molar-refractivity contribution in [3.8, 4) is 0 Å². The van der Waals surface area contributed by atoms with E-state index in [0.29, 0.717) is 10.8 Å². The molecule has 0 aromatic heterocycles. The van der Waals surface area contributed by atoms with Crippen LogP contribution in [-0.2, 0) is 0 Å². The lowest BCUT2D eigenvalue weighted by Crippen LogP contribution is -2.54. The molecule has 4 aliphatic carbocycles. The van der Waals surface area contributed by atoms with E-state index in [2.05, 4.69) is 45.6 Å². The summed E-state index contributed by atoms with van der Waals surface area (Å²) in [5.74, 6) is 4.14. The van der Waals surface area contributed by atoms with Gasteiger partial charge in [0.1, 0.15) is 0 Å². The van der Waals surface area contributed by atoms with Crippen molar-refractivity contribution in [2.24, 2.45) is 45.8 Å². The first-order chi connectivity index (χ1) is 15.1. The third-order valence-corrected chi connectivity index (χ3v) is 11.8. The lowest BCUT2D eigenvalue weighted by atomic mass is 9.44. The van der Waals surface area contributed by atoms with Gasteiger partial charge in [-0.15, -0.1) is 0 Å². The Labute approximate surface area is 197 Å². The molecule has 0 aromatic rings. The van der Waals surface area contributed by atoms with Gasteiger partial charge in [-0.25, -0.2) is 0 Å². The topological polar surface area (TPSA) is 43.7 Å². The van der Waals surface area contributed by atoms with Crippen LogP contribution in [0.3, 0.4) is 0 Å². The lowest BCUT2D eigenvalue weighted by Gasteiger charge is -2.61. The molecule has 0 unspecified atom stereocenters. The molecule has 0 aromatic carbocycles. The van der Waals surface area contributed by atoms with Crippen LogP contribution in [0.15, 0.2) is 11.6 Å². The van der Waals surface area contributed by atoms with Crippen LogP contribution in [0.2, 0.25) is 0 Å². The highest BCUT2D eigenvalue weighted by Crippen LogP contribution is 2.68. The highest BCUT2D eigenvalue weighted by atomic mass is 16.3. The molecule has 3 nitrogen and oxygen atoms in total. The van der Waals surface area contributed by atoms with Gasteiger partial charge >= 0.3 is 0 Å². The second-order valence-electron chi connectivity index (χ2n) is 13.7. The molecule has 2 N–H and O–H groups in total. The van der Waals surface area contributed by atoms with Crippen LogP contribution >= 0.6 is 0 Å². The van der Waals surface area contributed by atoms with Gasteiger partial charge in [0.25, 0.3) is 0 Å². The zero-order valence-electron chi connectivity index (χ0n) is 21.4. The fourth-order valence-corrected chi connectivity index (χ4v) is 10.0. The Kier molecular flexibility index (Phi) is 5.91. The molecule has 5 aliphatic rings. The number of hydrogen-bond acceptors (Lipinski definition) is 3. The average Bonchev–Trinajstić information content (AvgIpc) is 3.10. The molecule has 0 amide bonds. The number of hydrogen-bond donors (Lipinski definition) is 2. The summed E-state index contributed by atoms with van der Waals surface area (Å²) in [6.45, 7) is 15.7. The van der Waals surface area contributed by atoms with E-state index in [1.165, 1.54) is 45.1 Å². The molecule has 3 heteroatoms. The van der Waals surface area contributed by atoms with Crippen molar-refractivity contribution >= 4 is 0 Å². The summed E-state index contributed by atoms with van der Waals surface area (Å²) in [5, 5.41) is 20.6. The first-order valence-electron chi connectivity index (χ1n) is 13.9. The summed E-state index contributed by atoms with van der Waals surface area (Å²) >= 11 is 0. The van der Waals surface area contributed by atoms with Gasteiger partial charge < -0.3 is 15.1 Å². The van der Waals surface area contributed by atoms with Crippen LogP contribution in [0.4, 0.5) is 0 Å². The molecule has 0 spiro atoms.